The second kappa shape index (κ2) is 5.91. The number of aryl methyl sites for hydroxylation is 1. The van der Waals surface area contributed by atoms with E-state index in [1.54, 1.807) is 19.2 Å². The number of rotatable bonds is 4. The van der Waals surface area contributed by atoms with Gasteiger partial charge in [0.1, 0.15) is 0 Å². The molecule has 0 radical (unpaired) electrons. The lowest BCUT2D eigenvalue weighted by Gasteiger charge is -2.21. The average molecular weight is 291 g/mol. The van der Waals surface area contributed by atoms with Crippen molar-refractivity contribution in [3.63, 3.8) is 0 Å². The fraction of sp³-hybridized carbons (Fsp3) is 0.188. The number of carbonyl (C=O) groups is 1. The van der Waals surface area contributed by atoms with Gasteiger partial charge in [0, 0.05) is 12.7 Å². The highest BCUT2D eigenvalue weighted by Gasteiger charge is 2.20. The molecular formula is C16H15F2NO2. The zero-order chi connectivity index (χ0) is 15.6. The molecule has 0 aliphatic carbocycles. The van der Waals surface area contributed by atoms with Crippen molar-refractivity contribution in [2.75, 3.05) is 11.9 Å². The molecule has 0 spiro atoms. The molecule has 1 N–H and O–H groups in total. The molecule has 0 amide bonds. The molecule has 0 saturated heterocycles. The van der Waals surface area contributed by atoms with Crippen LogP contribution in [0.5, 0.6) is 0 Å². The smallest absolute Gasteiger partial charge is 0.338 e. The Bertz CT molecular complexity index is 669. The summed E-state index contributed by atoms with van der Waals surface area (Å²) in [6.07, 6.45) is 0.889. The molecular weight excluding hydrogens is 276 g/mol. The van der Waals surface area contributed by atoms with Crippen molar-refractivity contribution in [1.82, 2.24) is 0 Å². The van der Waals surface area contributed by atoms with Crippen molar-refractivity contribution >= 4 is 17.3 Å². The summed E-state index contributed by atoms with van der Waals surface area (Å²) in [6, 6.07) is 9.75. The van der Waals surface area contributed by atoms with Crippen molar-refractivity contribution in [3.8, 4) is 0 Å². The minimum absolute atomic E-state index is 0.0123. The normalized spacial score (nSPS) is 10.5. The van der Waals surface area contributed by atoms with Crippen molar-refractivity contribution in [2.24, 2.45) is 0 Å². The van der Waals surface area contributed by atoms with E-state index in [2.05, 4.69) is 0 Å². The lowest BCUT2D eigenvalue weighted by Crippen LogP contribution is -2.14. The van der Waals surface area contributed by atoms with E-state index in [0.29, 0.717) is 5.69 Å². The third-order valence-electron chi connectivity index (χ3n) is 3.39. The van der Waals surface area contributed by atoms with Gasteiger partial charge in [0.15, 0.2) is 11.6 Å². The number of halogens is 2. The van der Waals surface area contributed by atoms with Crippen LogP contribution in [0.1, 0.15) is 22.8 Å². The topological polar surface area (TPSA) is 40.5 Å². The lowest BCUT2D eigenvalue weighted by atomic mass is 10.1. The van der Waals surface area contributed by atoms with Crippen LogP contribution in [0.4, 0.5) is 20.2 Å². The number of hydrogen-bond donors (Lipinski definition) is 1. The first kappa shape index (κ1) is 15.0. The van der Waals surface area contributed by atoms with Crippen LogP contribution >= 0.6 is 0 Å². The van der Waals surface area contributed by atoms with E-state index in [-0.39, 0.29) is 5.69 Å². The zero-order valence-corrected chi connectivity index (χ0v) is 11.7. The fourth-order valence-electron chi connectivity index (χ4n) is 2.06. The molecule has 0 fully saturated rings. The molecule has 0 bridgehead atoms. The molecule has 0 aliphatic rings. The van der Waals surface area contributed by atoms with Gasteiger partial charge in [0.05, 0.1) is 11.3 Å². The monoisotopic (exact) mass is 291 g/mol. The lowest BCUT2D eigenvalue weighted by molar-refractivity contribution is 0.0690. The number of anilines is 2. The van der Waals surface area contributed by atoms with E-state index in [9.17, 15) is 13.6 Å². The number of carboxylic acids is 1. The van der Waals surface area contributed by atoms with E-state index < -0.39 is 23.2 Å². The van der Waals surface area contributed by atoms with E-state index in [1.165, 1.54) is 11.0 Å². The van der Waals surface area contributed by atoms with Gasteiger partial charge >= 0.3 is 5.97 Å². The van der Waals surface area contributed by atoms with Crippen LogP contribution in [-0.2, 0) is 6.42 Å². The Kier molecular flexibility index (Phi) is 4.21. The van der Waals surface area contributed by atoms with Gasteiger partial charge in [0.25, 0.3) is 0 Å². The maximum absolute atomic E-state index is 14.0. The molecule has 2 aromatic carbocycles. The van der Waals surface area contributed by atoms with Crippen molar-refractivity contribution in [3.05, 3.63) is 59.2 Å². The second-order valence-corrected chi connectivity index (χ2v) is 4.64. The molecule has 0 aliphatic heterocycles. The van der Waals surface area contributed by atoms with Crippen LogP contribution < -0.4 is 4.90 Å². The molecule has 0 saturated carbocycles. The number of carboxylic acid groups (broad SMARTS) is 1. The number of benzene rings is 2. The Hall–Kier alpha value is -2.43. The summed E-state index contributed by atoms with van der Waals surface area (Å²) >= 11 is 0. The van der Waals surface area contributed by atoms with Crippen molar-refractivity contribution < 1.29 is 18.7 Å². The molecule has 21 heavy (non-hydrogen) atoms. The summed E-state index contributed by atoms with van der Waals surface area (Å²) in [4.78, 5) is 12.3. The highest BCUT2D eigenvalue weighted by molar-refractivity contribution is 5.88. The molecule has 0 heterocycles. The average Bonchev–Trinajstić information content (AvgIpc) is 2.49. The van der Waals surface area contributed by atoms with Gasteiger partial charge in [-0.15, -0.1) is 0 Å². The summed E-state index contributed by atoms with van der Waals surface area (Å²) in [5, 5.41) is 8.77. The highest BCUT2D eigenvalue weighted by Crippen LogP contribution is 2.29. The summed E-state index contributed by atoms with van der Waals surface area (Å²) in [5.74, 6) is -4.01. The molecule has 2 rings (SSSR count). The standard InChI is InChI=1S/C16H15F2NO2/c1-3-10-4-6-11(7-5-10)19(2)13-9-8-12(16(20)21)14(17)15(13)18/h4-9H,3H2,1-2H3,(H,20,21). The second-order valence-electron chi connectivity index (χ2n) is 4.64. The number of aromatic carboxylic acids is 1. The summed E-state index contributed by atoms with van der Waals surface area (Å²) in [6.45, 7) is 2.03. The van der Waals surface area contributed by atoms with Gasteiger partial charge in [-0.3, -0.25) is 0 Å². The van der Waals surface area contributed by atoms with Crippen LogP contribution in [0.3, 0.4) is 0 Å². The molecule has 0 unspecified atom stereocenters. The highest BCUT2D eigenvalue weighted by atomic mass is 19.2. The van der Waals surface area contributed by atoms with Gasteiger partial charge < -0.3 is 10.0 Å². The SMILES string of the molecule is CCc1ccc(N(C)c2ccc(C(=O)O)c(F)c2F)cc1. The predicted molar refractivity (Wildman–Crippen MR) is 77.2 cm³/mol. The maximum atomic E-state index is 14.0. The first-order valence-corrected chi connectivity index (χ1v) is 6.49. The minimum Gasteiger partial charge on any atom is -0.478 e. The molecule has 0 atom stereocenters. The first-order valence-electron chi connectivity index (χ1n) is 6.49. The Labute approximate surface area is 121 Å². The third kappa shape index (κ3) is 2.86. The Balaban J connectivity index is 2.41. The largest absolute Gasteiger partial charge is 0.478 e. The fourth-order valence-corrected chi connectivity index (χ4v) is 2.06. The first-order chi connectivity index (χ1) is 9.95. The maximum Gasteiger partial charge on any atom is 0.338 e. The number of hydrogen-bond acceptors (Lipinski definition) is 2. The van der Waals surface area contributed by atoms with Crippen LogP contribution in [0, 0.1) is 11.6 Å². The van der Waals surface area contributed by atoms with Crippen LogP contribution in [-0.4, -0.2) is 18.1 Å². The summed E-state index contributed by atoms with van der Waals surface area (Å²) in [5.41, 5.74) is 1.14. The third-order valence-corrected chi connectivity index (χ3v) is 3.39. The number of nitrogens with zero attached hydrogens (tertiary/aromatic N) is 1. The quantitative estimate of drug-likeness (QED) is 0.925. The Morgan fingerprint density at radius 3 is 2.24 bits per heavy atom. The Morgan fingerprint density at radius 1 is 1.10 bits per heavy atom. The van der Waals surface area contributed by atoms with Crippen LogP contribution in [0.2, 0.25) is 0 Å². The van der Waals surface area contributed by atoms with E-state index in [4.69, 9.17) is 5.11 Å². The van der Waals surface area contributed by atoms with Gasteiger partial charge in [-0.2, -0.15) is 0 Å². The molecule has 110 valence electrons. The van der Waals surface area contributed by atoms with Crippen molar-refractivity contribution in [1.29, 1.82) is 0 Å². The summed E-state index contributed by atoms with van der Waals surface area (Å²) < 4.78 is 27.7. The summed E-state index contributed by atoms with van der Waals surface area (Å²) in [7, 11) is 1.60. The van der Waals surface area contributed by atoms with Gasteiger partial charge in [-0.25, -0.2) is 13.6 Å². The van der Waals surface area contributed by atoms with Gasteiger partial charge in [-0.05, 0) is 36.2 Å². The van der Waals surface area contributed by atoms with Gasteiger partial charge in [0.2, 0.25) is 0 Å². The van der Waals surface area contributed by atoms with Crippen LogP contribution in [0.15, 0.2) is 36.4 Å². The zero-order valence-electron chi connectivity index (χ0n) is 11.7. The molecule has 2 aromatic rings. The molecule has 5 heteroatoms. The van der Waals surface area contributed by atoms with Crippen LogP contribution in [0.25, 0.3) is 0 Å². The van der Waals surface area contributed by atoms with Crippen molar-refractivity contribution in [2.45, 2.75) is 13.3 Å². The molecule has 3 nitrogen and oxygen atoms in total. The van der Waals surface area contributed by atoms with E-state index in [0.717, 1.165) is 18.1 Å². The minimum atomic E-state index is -1.49. The van der Waals surface area contributed by atoms with E-state index >= 15 is 0 Å². The Morgan fingerprint density at radius 2 is 1.71 bits per heavy atom. The predicted octanol–water partition coefficient (Wildman–Crippen LogP) is 3.99. The molecule has 0 aromatic heterocycles. The van der Waals surface area contributed by atoms with Gasteiger partial charge in [-0.1, -0.05) is 19.1 Å². The van der Waals surface area contributed by atoms with E-state index in [1.807, 2.05) is 19.1 Å².